The monoisotopic (exact) mass is 307 g/mol. The van der Waals surface area contributed by atoms with Gasteiger partial charge in [0.05, 0.1) is 15.6 Å². The van der Waals surface area contributed by atoms with Crippen LogP contribution in [0.4, 0.5) is 5.69 Å². The molecule has 0 N–H and O–H groups in total. The van der Waals surface area contributed by atoms with Gasteiger partial charge < -0.3 is 0 Å². The summed E-state index contributed by atoms with van der Waals surface area (Å²) < 4.78 is 0. The van der Waals surface area contributed by atoms with Crippen molar-refractivity contribution in [3.8, 4) is 0 Å². The summed E-state index contributed by atoms with van der Waals surface area (Å²) in [6.45, 7) is 0. The lowest BCUT2D eigenvalue weighted by Crippen LogP contribution is -2.02. The maximum Gasteiger partial charge on any atom is 0.282 e. The van der Waals surface area contributed by atoms with Crippen LogP contribution < -0.4 is 0 Å². The second kappa shape index (κ2) is 6.54. The van der Waals surface area contributed by atoms with Gasteiger partial charge in [0.15, 0.2) is 5.78 Å². The van der Waals surface area contributed by atoms with Crippen molar-refractivity contribution in [1.82, 2.24) is 0 Å². The van der Waals surface area contributed by atoms with Crippen LogP contribution in [0.3, 0.4) is 0 Å². The molecule has 0 aliphatic carbocycles. The summed E-state index contributed by atoms with van der Waals surface area (Å²) in [7, 11) is 0. The van der Waals surface area contributed by atoms with E-state index in [0.29, 0.717) is 15.5 Å². The van der Waals surface area contributed by atoms with Crippen molar-refractivity contribution in [3.05, 3.63) is 69.2 Å². The number of thioether (sulfide) groups is 1. The van der Waals surface area contributed by atoms with E-state index in [-0.39, 0.29) is 17.2 Å². The summed E-state index contributed by atoms with van der Waals surface area (Å²) in [6, 6.07) is 12.9. The predicted molar refractivity (Wildman–Crippen MR) is 79.6 cm³/mol. The van der Waals surface area contributed by atoms with Gasteiger partial charge in [-0.3, -0.25) is 14.9 Å². The number of nitro groups is 1. The van der Waals surface area contributed by atoms with Crippen molar-refractivity contribution >= 4 is 34.8 Å². The number of Topliss-reactive ketones (excluding diaryl/α,β-unsaturated/α-hetero) is 1. The number of carbonyl (C=O) groups is 1. The fourth-order valence-corrected chi connectivity index (χ4v) is 2.64. The van der Waals surface area contributed by atoms with Crippen molar-refractivity contribution in [2.24, 2.45) is 0 Å². The molecule has 0 heterocycles. The number of ketones is 1. The topological polar surface area (TPSA) is 60.2 Å². The van der Waals surface area contributed by atoms with E-state index in [2.05, 4.69) is 0 Å². The Balaban J connectivity index is 2.07. The standard InChI is InChI=1S/C14H10ClNO3S/c15-11-7-5-10(6-8-11)13(17)9-20-14-4-2-1-3-12(14)16(18)19/h1-8H,9H2. The van der Waals surface area contributed by atoms with Gasteiger partial charge in [-0.25, -0.2) is 0 Å². The van der Waals surface area contributed by atoms with E-state index in [1.165, 1.54) is 6.07 Å². The Hall–Kier alpha value is -1.85. The molecule has 20 heavy (non-hydrogen) atoms. The van der Waals surface area contributed by atoms with Crippen molar-refractivity contribution in [1.29, 1.82) is 0 Å². The van der Waals surface area contributed by atoms with Crippen molar-refractivity contribution in [2.75, 3.05) is 5.75 Å². The van der Waals surface area contributed by atoms with Crippen LogP contribution in [0.2, 0.25) is 5.02 Å². The van der Waals surface area contributed by atoms with Crippen molar-refractivity contribution < 1.29 is 9.72 Å². The molecule has 6 heteroatoms. The van der Waals surface area contributed by atoms with Gasteiger partial charge in [0.25, 0.3) is 5.69 Å². The van der Waals surface area contributed by atoms with Gasteiger partial charge in [0.2, 0.25) is 0 Å². The van der Waals surface area contributed by atoms with Gasteiger partial charge in [-0.2, -0.15) is 0 Å². The first-order chi connectivity index (χ1) is 9.58. The summed E-state index contributed by atoms with van der Waals surface area (Å²) in [4.78, 5) is 22.9. The van der Waals surface area contributed by atoms with E-state index in [9.17, 15) is 14.9 Å². The van der Waals surface area contributed by atoms with Gasteiger partial charge in [-0.1, -0.05) is 23.7 Å². The molecule has 2 aromatic rings. The Kier molecular flexibility index (Phi) is 4.76. The number of benzene rings is 2. The minimum atomic E-state index is -0.449. The van der Waals surface area contributed by atoms with Gasteiger partial charge in [-0.05, 0) is 30.3 Å². The van der Waals surface area contributed by atoms with Crippen LogP contribution in [0.5, 0.6) is 0 Å². The van der Waals surface area contributed by atoms with Crippen LogP contribution in [0.15, 0.2) is 53.4 Å². The zero-order chi connectivity index (χ0) is 14.5. The number of halogens is 1. The first kappa shape index (κ1) is 14.6. The van der Waals surface area contributed by atoms with Crippen LogP contribution in [0.1, 0.15) is 10.4 Å². The zero-order valence-electron chi connectivity index (χ0n) is 10.3. The van der Waals surface area contributed by atoms with Crippen LogP contribution in [-0.4, -0.2) is 16.5 Å². The minimum absolute atomic E-state index is 0.0152. The smallest absolute Gasteiger partial charge is 0.282 e. The molecule has 0 unspecified atom stereocenters. The van der Waals surface area contributed by atoms with Crippen LogP contribution >= 0.6 is 23.4 Å². The molecule has 0 fully saturated rings. The average Bonchev–Trinajstić information content (AvgIpc) is 2.45. The predicted octanol–water partition coefficient (Wildman–Crippen LogP) is 4.22. The molecule has 4 nitrogen and oxygen atoms in total. The van der Waals surface area contributed by atoms with Gasteiger partial charge >= 0.3 is 0 Å². The molecule has 0 aliphatic heterocycles. The lowest BCUT2D eigenvalue weighted by molar-refractivity contribution is -0.387. The zero-order valence-corrected chi connectivity index (χ0v) is 11.9. The van der Waals surface area contributed by atoms with Crippen molar-refractivity contribution in [3.63, 3.8) is 0 Å². The van der Waals surface area contributed by atoms with Crippen LogP contribution in [0, 0.1) is 10.1 Å². The number of nitro benzene ring substituents is 1. The number of hydrogen-bond donors (Lipinski definition) is 0. The molecule has 0 aliphatic rings. The Labute approximate surface area is 124 Å². The number of carbonyl (C=O) groups excluding carboxylic acids is 1. The van der Waals surface area contributed by atoms with Gasteiger partial charge in [-0.15, -0.1) is 11.8 Å². The highest BCUT2D eigenvalue weighted by molar-refractivity contribution is 8.00. The highest BCUT2D eigenvalue weighted by Gasteiger charge is 2.14. The minimum Gasteiger partial charge on any atom is -0.293 e. The molecule has 0 atom stereocenters. The molecular weight excluding hydrogens is 298 g/mol. The molecule has 0 spiro atoms. The van der Waals surface area contributed by atoms with E-state index in [1.54, 1.807) is 42.5 Å². The summed E-state index contributed by atoms with van der Waals surface area (Å²) in [6.07, 6.45) is 0. The maximum atomic E-state index is 12.0. The fourth-order valence-electron chi connectivity index (χ4n) is 1.59. The van der Waals surface area contributed by atoms with E-state index in [4.69, 9.17) is 11.6 Å². The second-order valence-corrected chi connectivity index (χ2v) is 5.40. The van der Waals surface area contributed by atoms with Crippen LogP contribution in [-0.2, 0) is 0 Å². The largest absolute Gasteiger partial charge is 0.293 e. The quantitative estimate of drug-likeness (QED) is 0.359. The normalized spacial score (nSPS) is 10.2. The first-order valence-electron chi connectivity index (χ1n) is 5.73. The first-order valence-corrected chi connectivity index (χ1v) is 7.09. The third-order valence-electron chi connectivity index (χ3n) is 2.59. The number of hydrogen-bond acceptors (Lipinski definition) is 4. The molecule has 2 rings (SSSR count). The van der Waals surface area contributed by atoms with E-state index < -0.39 is 4.92 Å². The second-order valence-electron chi connectivity index (χ2n) is 3.94. The molecule has 0 aromatic heterocycles. The van der Waals surface area contributed by atoms with Crippen molar-refractivity contribution in [2.45, 2.75) is 4.90 Å². The highest BCUT2D eigenvalue weighted by atomic mass is 35.5. The summed E-state index contributed by atoms with van der Waals surface area (Å²) >= 11 is 6.91. The molecular formula is C14H10ClNO3S. The summed E-state index contributed by atoms with van der Waals surface area (Å²) in [5.41, 5.74) is 0.557. The Morgan fingerprint density at radius 3 is 2.45 bits per heavy atom. The van der Waals surface area contributed by atoms with Gasteiger partial charge in [0, 0.05) is 16.7 Å². The number of para-hydroxylation sites is 1. The molecule has 0 radical (unpaired) electrons. The summed E-state index contributed by atoms with van der Waals surface area (Å²) in [5.74, 6) is 0.0526. The lowest BCUT2D eigenvalue weighted by atomic mass is 10.1. The molecule has 102 valence electrons. The average molecular weight is 308 g/mol. The molecule has 0 saturated heterocycles. The Morgan fingerprint density at radius 2 is 1.80 bits per heavy atom. The third kappa shape index (κ3) is 3.59. The lowest BCUT2D eigenvalue weighted by Gasteiger charge is -2.03. The molecule has 0 amide bonds. The van der Waals surface area contributed by atoms with Crippen LogP contribution in [0.25, 0.3) is 0 Å². The van der Waals surface area contributed by atoms with E-state index in [0.717, 1.165) is 11.8 Å². The maximum absolute atomic E-state index is 12.0. The number of nitrogens with zero attached hydrogens (tertiary/aromatic N) is 1. The van der Waals surface area contributed by atoms with E-state index in [1.807, 2.05) is 0 Å². The fraction of sp³-hybridized carbons (Fsp3) is 0.0714. The SMILES string of the molecule is O=C(CSc1ccccc1[N+](=O)[O-])c1ccc(Cl)cc1. The molecule has 0 saturated carbocycles. The summed E-state index contributed by atoms with van der Waals surface area (Å²) in [5, 5.41) is 11.4. The molecule has 2 aromatic carbocycles. The van der Waals surface area contributed by atoms with E-state index >= 15 is 0 Å². The highest BCUT2D eigenvalue weighted by Crippen LogP contribution is 2.29. The third-order valence-corrected chi connectivity index (χ3v) is 3.90. The molecule has 0 bridgehead atoms. The Bertz CT molecular complexity index is 643. The van der Waals surface area contributed by atoms with Gasteiger partial charge in [0.1, 0.15) is 0 Å². The Morgan fingerprint density at radius 1 is 1.15 bits per heavy atom. The number of rotatable bonds is 5.